The quantitative estimate of drug-likeness (QED) is 0.254. The second-order valence-corrected chi connectivity index (χ2v) is 8.46. The number of aromatic nitrogens is 6. The number of non-ortho nitro benzene ring substituents is 1. The molecular weight excluding hydrogens is 458 g/mol. The Morgan fingerprint density at radius 1 is 1.03 bits per heavy atom. The summed E-state index contributed by atoms with van der Waals surface area (Å²) in [4.78, 5) is 27.8. The maximum atomic E-state index is 12.7. The molecular formula is C26H23N7O3. The largest absolute Gasteiger partial charge is 0.325 e. The van der Waals surface area contributed by atoms with E-state index in [1.165, 1.54) is 12.1 Å². The number of hydrogen-bond acceptors (Lipinski definition) is 7. The SMILES string of the molecule is CCCCc1nc(=O)c2cc([N+](=O)[O-])ccc2n1Cc1ccc(-c2ccccc2-c2nn[nH]n2)cc1. The highest BCUT2D eigenvalue weighted by molar-refractivity contribution is 5.81. The van der Waals surface area contributed by atoms with Gasteiger partial charge in [0.15, 0.2) is 0 Å². The Labute approximate surface area is 205 Å². The van der Waals surface area contributed by atoms with E-state index in [0.29, 0.717) is 30.1 Å². The summed E-state index contributed by atoms with van der Waals surface area (Å²) < 4.78 is 1.98. The van der Waals surface area contributed by atoms with Gasteiger partial charge in [0.1, 0.15) is 5.82 Å². The molecule has 0 saturated heterocycles. The van der Waals surface area contributed by atoms with Crippen LogP contribution in [0, 0.1) is 10.1 Å². The van der Waals surface area contributed by atoms with E-state index in [1.807, 2.05) is 53.1 Å². The molecule has 2 aromatic heterocycles. The average Bonchev–Trinajstić information content (AvgIpc) is 3.44. The molecule has 0 aliphatic heterocycles. The number of fused-ring (bicyclic) bond motifs is 1. The van der Waals surface area contributed by atoms with Crippen LogP contribution < -0.4 is 5.56 Å². The zero-order chi connectivity index (χ0) is 25.1. The number of nitrogens with one attached hydrogen (secondary N) is 1. The summed E-state index contributed by atoms with van der Waals surface area (Å²) in [7, 11) is 0. The van der Waals surface area contributed by atoms with Gasteiger partial charge in [-0.15, -0.1) is 10.2 Å². The van der Waals surface area contributed by atoms with Gasteiger partial charge in [0.2, 0.25) is 5.82 Å². The maximum Gasteiger partial charge on any atom is 0.281 e. The number of rotatable bonds is 8. The summed E-state index contributed by atoms with van der Waals surface area (Å²) in [6, 6.07) is 20.4. The number of nitro benzene ring substituents is 1. The van der Waals surface area contributed by atoms with Crippen LogP contribution in [0.2, 0.25) is 0 Å². The van der Waals surface area contributed by atoms with Crippen molar-refractivity contribution in [2.75, 3.05) is 0 Å². The van der Waals surface area contributed by atoms with Crippen molar-refractivity contribution in [2.24, 2.45) is 0 Å². The highest BCUT2D eigenvalue weighted by atomic mass is 16.6. The van der Waals surface area contributed by atoms with Gasteiger partial charge in [-0.1, -0.05) is 61.9 Å². The van der Waals surface area contributed by atoms with Crippen LogP contribution in [0.5, 0.6) is 0 Å². The first kappa shape index (κ1) is 23.0. The summed E-state index contributed by atoms with van der Waals surface area (Å²) >= 11 is 0. The van der Waals surface area contributed by atoms with Gasteiger partial charge >= 0.3 is 0 Å². The standard InChI is InChI=1S/C26H23N7O3/c1-2-3-8-24-27-26(34)22-15-19(33(35)36)13-14-23(22)32(24)16-17-9-11-18(12-10-17)20-6-4-5-7-21(20)25-28-30-31-29-25/h4-7,9-15H,2-3,8,16H2,1H3,(H,28,29,30,31). The minimum atomic E-state index is -0.501. The number of H-pyrrole nitrogens is 1. The highest BCUT2D eigenvalue weighted by Gasteiger charge is 2.16. The van der Waals surface area contributed by atoms with Crippen molar-refractivity contribution in [3.8, 4) is 22.5 Å². The second-order valence-electron chi connectivity index (χ2n) is 8.46. The minimum Gasteiger partial charge on any atom is -0.325 e. The lowest BCUT2D eigenvalue weighted by Crippen LogP contribution is -2.20. The van der Waals surface area contributed by atoms with Gasteiger partial charge in [0.05, 0.1) is 15.8 Å². The number of benzene rings is 3. The fraction of sp³-hybridized carbons (Fsp3) is 0.192. The number of aryl methyl sites for hydroxylation is 1. The van der Waals surface area contributed by atoms with Crippen LogP contribution in [0.4, 0.5) is 5.69 Å². The van der Waals surface area contributed by atoms with E-state index in [0.717, 1.165) is 35.1 Å². The molecule has 0 atom stereocenters. The fourth-order valence-corrected chi connectivity index (χ4v) is 4.30. The van der Waals surface area contributed by atoms with Gasteiger partial charge < -0.3 is 4.57 Å². The smallest absolute Gasteiger partial charge is 0.281 e. The Kier molecular flexibility index (Phi) is 6.31. The number of unbranched alkanes of at least 4 members (excludes halogenated alkanes) is 1. The molecule has 1 N–H and O–H groups in total. The molecule has 5 aromatic rings. The van der Waals surface area contributed by atoms with E-state index >= 15 is 0 Å². The molecule has 0 radical (unpaired) electrons. The molecule has 0 fully saturated rings. The third-order valence-corrected chi connectivity index (χ3v) is 6.13. The lowest BCUT2D eigenvalue weighted by molar-refractivity contribution is -0.384. The molecule has 0 bridgehead atoms. The monoisotopic (exact) mass is 481 g/mol. The summed E-state index contributed by atoms with van der Waals surface area (Å²) in [6.07, 6.45) is 2.49. The summed E-state index contributed by atoms with van der Waals surface area (Å²) in [5.41, 5.74) is 3.94. The number of nitro groups is 1. The van der Waals surface area contributed by atoms with Gasteiger partial charge in [-0.2, -0.15) is 10.2 Å². The van der Waals surface area contributed by atoms with Crippen LogP contribution in [0.3, 0.4) is 0 Å². The predicted octanol–water partition coefficient (Wildman–Crippen LogP) is 4.54. The third kappa shape index (κ3) is 4.48. The summed E-state index contributed by atoms with van der Waals surface area (Å²) in [5, 5.41) is 25.9. The Morgan fingerprint density at radius 2 is 1.81 bits per heavy atom. The second kappa shape index (κ2) is 9.87. The lowest BCUT2D eigenvalue weighted by atomic mass is 9.98. The van der Waals surface area contributed by atoms with Crippen LogP contribution in [-0.4, -0.2) is 35.1 Å². The van der Waals surface area contributed by atoms with Crippen molar-refractivity contribution in [2.45, 2.75) is 32.7 Å². The number of hydrogen-bond donors (Lipinski definition) is 1. The van der Waals surface area contributed by atoms with Crippen LogP contribution in [0.25, 0.3) is 33.4 Å². The van der Waals surface area contributed by atoms with Gasteiger partial charge in [-0.05, 0) is 34.4 Å². The van der Waals surface area contributed by atoms with E-state index in [1.54, 1.807) is 6.07 Å². The average molecular weight is 482 g/mol. The topological polar surface area (TPSA) is 132 Å². The molecule has 36 heavy (non-hydrogen) atoms. The Morgan fingerprint density at radius 3 is 2.50 bits per heavy atom. The Bertz CT molecular complexity index is 1590. The molecule has 180 valence electrons. The summed E-state index contributed by atoms with van der Waals surface area (Å²) in [5.74, 6) is 1.20. The van der Waals surface area contributed by atoms with Crippen molar-refractivity contribution in [3.63, 3.8) is 0 Å². The minimum absolute atomic E-state index is 0.126. The molecule has 0 unspecified atom stereocenters. The molecule has 3 aromatic carbocycles. The van der Waals surface area contributed by atoms with Crippen molar-refractivity contribution in [1.29, 1.82) is 0 Å². The number of nitrogens with zero attached hydrogens (tertiary/aromatic N) is 6. The first-order valence-corrected chi connectivity index (χ1v) is 11.6. The molecule has 10 heteroatoms. The van der Waals surface area contributed by atoms with E-state index < -0.39 is 10.5 Å². The predicted molar refractivity (Wildman–Crippen MR) is 135 cm³/mol. The molecule has 0 aliphatic rings. The van der Waals surface area contributed by atoms with Gasteiger partial charge in [-0.3, -0.25) is 14.9 Å². The highest BCUT2D eigenvalue weighted by Crippen LogP contribution is 2.30. The zero-order valence-electron chi connectivity index (χ0n) is 19.6. The first-order chi connectivity index (χ1) is 17.5. The normalized spacial score (nSPS) is 11.1. The maximum absolute atomic E-state index is 12.7. The van der Waals surface area contributed by atoms with Crippen LogP contribution in [0.15, 0.2) is 71.5 Å². The molecule has 2 heterocycles. The Hall–Kier alpha value is -4.73. The van der Waals surface area contributed by atoms with E-state index in [9.17, 15) is 14.9 Å². The van der Waals surface area contributed by atoms with Crippen molar-refractivity contribution in [3.05, 3.63) is 98.6 Å². The van der Waals surface area contributed by atoms with Crippen molar-refractivity contribution >= 4 is 16.6 Å². The molecule has 10 nitrogen and oxygen atoms in total. The van der Waals surface area contributed by atoms with Crippen molar-refractivity contribution < 1.29 is 4.92 Å². The van der Waals surface area contributed by atoms with E-state index in [2.05, 4.69) is 32.5 Å². The molecule has 0 aliphatic carbocycles. The van der Waals surface area contributed by atoms with E-state index in [4.69, 9.17) is 0 Å². The van der Waals surface area contributed by atoms with Gasteiger partial charge in [0, 0.05) is 30.7 Å². The third-order valence-electron chi connectivity index (χ3n) is 6.13. The molecule has 0 amide bonds. The zero-order valence-corrected chi connectivity index (χ0v) is 19.6. The lowest BCUT2D eigenvalue weighted by Gasteiger charge is -2.16. The van der Waals surface area contributed by atoms with Crippen molar-refractivity contribution in [1.82, 2.24) is 30.2 Å². The van der Waals surface area contributed by atoms with E-state index in [-0.39, 0.29) is 11.1 Å². The van der Waals surface area contributed by atoms with Crippen LogP contribution in [0.1, 0.15) is 31.2 Å². The van der Waals surface area contributed by atoms with Gasteiger partial charge in [0.25, 0.3) is 11.2 Å². The molecule has 0 saturated carbocycles. The summed E-state index contributed by atoms with van der Waals surface area (Å²) in [6.45, 7) is 2.56. The molecule has 5 rings (SSSR count). The number of aromatic amines is 1. The van der Waals surface area contributed by atoms with Gasteiger partial charge in [-0.25, -0.2) is 0 Å². The molecule has 0 spiro atoms. The number of tetrazole rings is 1. The fourth-order valence-electron chi connectivity index (χ4n) is 4.30. The Balaban J connectivity index is 1.53. The van der Waals surface area contributed by atoms with Crippen LogP contribution >= 0.6 is 0 Å². The van der Waals surface area contributed by atoms with Crippen LogP contribution in [-0.2, 0) is 13.0 Å². The first-order valence-electron chi connectivity index (χ1n) is 11.6.